The highest BCUT2D eigenvalue weighted by molar-refractivity contribution is 5.81. The summed E-state index contributed by atoms with van der Waals surface area (Å²) in [5.74, 6) is -0.304. The second-order valence-electron chi connectivity index (χ2n) is 4.54. The van der Waals surface area contributed by atoms with Crippen LogP contribution in [0.3, 0.4) is 0 Å². The summed E-state index contributed by atoms with van der Waals surface area (Å²) >= 11 is 0. The van der Waals surface area contributed by atoms with E-state index in [1.807, 2.05) is 0 Å². The lowest BCUT2D eigenvalue weighted by Crippen LogP contribution is -2.52. The highest BCUT2D eigenvalue weighted by Gasteiger charge is 2.38. The second-order valence-corrected chi connectivity index (χ2v) is 4.54. The van der Waals surface area contributed by atoms with Gasteiger partial charge in [0.1, 0.15) is 5.54 Å². The van der Waals surface area contributed by atoms with Crippen LogP contribution in [0.25, 0.3) is 0 Å². The van der Waals surface area contributed by atoms with Crippen LogP contribution >= 0.6 is 0 Å². The number of ether oxygens (including phenoxy) is 1. The topological polar surface area (TPSA) is 52.3 Å². The van der Waals surface area contributed by atoms with Crippen LogP contribution in [0.2, 0.25) is 0 Å². The SMILES string of the molecule is COC(=O)C1(N)CCc2cccc(C)c2C1. The summed E-state index contributed by atoms with van der Waals surface area (Å²) in [6, 6.07) is 6.22. The first-order valence-corrected chi connectivity index (χ1v) is 5.51. The Morgan fingerprint density at radius 1 is 1.50 bits per heavy atom. The Hall–Kier alpha value is -1.35. The normalized spacial score (nSPS) is 23.7. The molecule has 1 aromatic rings. The van der Waals surface area contributed by atoms with Crippen LogP contribution in [-0.2, 0) is 22.4 Å². The van der Waals surface area contributed by atoms with Crippen LogP contribution in [-0.4, -0.2) is 18.6 Å². The summed E-state index contributed by atoms with van der Waals surface area (Å²) in [4.78, 5) is 11.7. The van der Waals surface area contributed by atoms with Crippen LogP contribution in [0.5, 0.6) is 0 Å². The fraction of sp³-hybridized carbons (Fsp3) is 0.462. The number of hydrogen-bond donors (Lipinski definition) is 1. The van der Waals surface area contributed by atoms with Gasteiger partial charge in [-0.1, -0.05) is 18.2 Å². The maximum atomic E-state index is 11.7. The first kappa shape index (κ1) is 11.1. The molecule has 1 aliphatic carbocycles. The lowest BCUT2D eigenvalue weighted by atomic mass is 9.77. The Bertz CT molecular complexity index is 428. The molecule has 1 aromatic carbocycles. The van der Waals surface area contributed by atoms with E-state index in [4.69, 9.17) is 10.5 Å². The van der Waals surface area contributed by atoms with E-state index < -0.39 is 5.54 Å². The van der Waals surface area contributed by atoms with Gasteiger partial charge in [0.05, 0.1) is 7.11 Å². The molecule has 0 aliphatic heterocycles. The molecule has 1 atom stereocenters. The molecule has 0 bridgehead atoms. The van der Waals surface area contributed by atoms with Gasteiger partial charge in [0, 0.05) is 6.42 Å². The molecule has 0 spiro atoms. The van der Waals surface area contributed by atoms with Gasteiger partial charge in [0.25, 0.3) is 0 Å². The van der Waals surface area contributed by atoms with E-state index in [2.05, 4.69) is 25.1 Å². The molecule has 16 heavy (non-hydrogen) atoms. The number of fused-ring (bicyclic) bond motifs is 1. The fourth-order valence-electron chi connectivity index (χ4n) is 2.39. The lowest BCUT2D eigenvalue weighted by molar-refractivity contribution is -0.147. The Kier molecular flexibility index (Phi) is 2.72. The smallest absolute Gasteiger partial charge is 0.326 e. The second kappa shape index (κ2) is 3.91. The number of methoxy groups -OCH3 is 1. The number of carbonyl (C=O) groups excluding carboxylic acids is 1. The van der Waals surface area contributed by atoms with Crippen LogP contribution in [0.1, 0.15) is 23.1 Å². The van der Waals surface area contributed by atoms with Crippen molar-refractivity contribution in [3.63, 3.8) is 0 Å². The van der Waals surface area contributed by atoms with E-state index in [-0.39, 0.29) is 5.97 Å². The molecule has 86 valence electrons. The molecule has 0 heterocycles. The first-order chi connectivity index (χ1) is 7.57. The summed E-state index contributed by atoms with van der Waals surface area (Å²) in [6.45, 7) is 2.06. The molecule has 3 heteroatoms. The summed E-state index contributed by atoms with van der Waals surface area (Å²) in [5.41, 5.74) is 9.01. The Labute approximate surface area is 95.6 Å². The molecule has 3 nitrogen and oxygen atoms in total. The van der Waals surface area contributed by atoms with Gasteiger partial charge in [0.2, 0.25) is 0 Å². The fourth-order valence-corrected chi connectivity index (χ4v) is 2.39. The molecule has 2 N–H and O–H groups in total. The zero-order valence-electron chi connectivity index (χ0n) is 9.75. The molecule has 0 fully saturated rings. The average Bonchev–Trinajstić information content (AvgIpc) is 2.29. The van der Waals surface area contributed by atoms with Gasteiger partial charge < -0.3 is 10.5 Å². The van der Waals surface area contributed by atoms with Crippen LogP contribution in [0.15, 0.2) is 18.2 Å². The van der Waals surface area contributed by atoms with E-state index in [1.54, 1.807) is 0 Å². The van der Waals surface area contributed by atoms with Crippen LogP contribution in [0, 0.1) is 6.92 Å². The van der Waals surface area contributed by atoms with Crippen molar-refractivity contribution in [1.82, 2.24) is 0 Å². The van der Waals surface area contributed by atoms with Crippen LogP contribution < -0.4 is 5.73 Å². The van der Waals surface area contributed by atoms with E-state index in [9.17, 15) is 4.79 Å². The number of hydrogen-bond acceptors (Lipinski definition) is 3. The molecule has 2 rings (SSSR count). The summed E-state index contributed by atoms with van der Waals surface area (Å²) in [5, 5.41) is 0. The largest absolute Gasteiger partial charge is 0.468 e. The quantitative estimate of drug-likeness (QED) is 0.725. The van der Waals surface area contributed by atoms with Gasteiger partial charge in [-0.3, -0.25) is 4.79 Å². The standard InChI is InChI=1S/C13H17NO2/c1-9-4-3-5-10-6-7-13(14,8-11(9)10)12(15)16-2/h3-5H,6-8,14H2,1-2H3. The van der Waals surface area contributed by atoms with Crippen molar-refractivity contribution < 1.29 is 9.53 Å². The maximum Gasteiger partial charge on any atom is 0.326 e. The number of aryl methyl sites for hydroxylation is 2. The minimum Gasteiger partial charge on any atom is -0.468 e. The number of rotatable bonds is 1. The summed E-state index contributed by atoms with van der Waals surface area (Å²) < 4.78 is 4.78. The third-order valence-corrected chi connectivity index (χ3v) is 3.43. The number of esters is 1. The van der Waals surface area contributed by atoms with Crippen molar-refractivity contribution in [2.24, 2.45) is 5.73 Å². The molecule has 0 amide bonds. The van der Waals surface area contributed by atoms with Gasteiger partial charge in [0.15, 0.2) is 0 Å². The molecule has 1 unspecified atom stereocenters. The molecular formula is C13H17NO2. The third-order valence-electron chi connectivity index (χ3n) is 3.43. The molecule has 0 saturated carbocycles. The number of nitrogens with two attached hydrogens (primary N) is 1. The zero-order valence-corrected chi connectivity index (χ0v) is 9.75. The zero-order chi connectivity index (χ0) is 11.8. The van der Waals surface area contributed by atoms with E-state index in [1.165, 1.54) is 23.8 Å². The van der Waals surface area contributed by atoms with Gasteiger partial charge in [-0.15, -0.1) is 0 Å². The number of benzene rings is 1. The first-order valence-electron chi connectivity index (χ1n) is 5.51. The van der Waals surface area contributed by atoms with Crippen molar-refractivity contribution in [2.45, 2.75) is 31.7 Å². The van der Waals surface area contributed by atoms with Crippen LogP contribution in [0.4, 0.5) is 0 Å². The van der Waals surface area contributed by atoms with Gasteiger partial charge in [-0.2, -0.15) is 0 Å². The number of carbonyl (C=O) groups is 1. The van der Waals surface area contributed by atoms with Crippen molar-refractivity contribution in [3.05, 3.63) is 34.9 Å². The van der Waals surface area contributed by atoms with Crippen molar-refractivity contribution in [1.29, 1.82) is 0 Å². The maximum absolute atomic E-state index is 11.7. The monoisotopic (exact) mass is 219 g/mol. The van der Waals surface area contributed by atoms with E-state index in [0.717, 1.165) is 6.42 Å². The van der Waals surface area contributed by atoms with E-state index in [0.29, 0.717) is 12.8 Å². The van der Waals surface area contributed by atoms with Crippen molar-refractivity contribution in [2.75, 3.05) is 7.11 Å². The van der Waals surface area contributed by atoms with Crippen molar-refractivity contribution >= 4 is 5.97 Å². The molecule has 0 radical (unpaired) electrons. The van der Waals surface area contributed by atoms with Gasteiger partial charge in [-0.25, -0.2) is 0 Å². The Morgan fingerprint density at radius 2 is 2.25 bits per heavy atom. The molecule has 0 aromatic heterocycles. The highest BCUT2D eigenvalue weighted by Crippen LogP contribution is 2.29. The van der Waals surface area contributed by atoms with Gasteiger partial charge >= 0.3 is 5.97 Å². The summed E-state index contributed by atoms with van der Waals surface area (Å²) in [7, 11) is 1.39. The van der Waals surface area contributed by atoms with E-state index >= 15 is 0 Å². The average molecular weight is 219 g/mol. The summed E-state index contributed by atoms with van der Waals surface area (Å²) in [6.07, 6.45) is 2.10. The Morgan fingerprint density at radius 3 is 2.94 bits per heavy atom. The molecular weight excluding hydrogens is 202 g/mol. The minimum absolute atomic E-state index is 0.304. The Balaban J connectivity index is 2.36. The lowest BCUT2D eigenvalue weighted by Gasteiger charge is -2.32. The molecule has 1 aliphatic rings. The predicted octanol–water partition coefficient (Wildman–Crippen LogP) is 1.35. The highest BCUT2D eigenvalue weighted by atomic mass is 16.5. The third kappa shape index (κ3) is 1.71. The van der Waals surface area contributed by atoms with Crippen molar-refractivity contribution in [3.8, 4) is 0 Å². The minimum atomic E-state index is -0.839. The molecule has 0 saturated heterocycles. The predicted molar refractivity (Wildman–Crippen MR) is 62.1 cm³/mol. The van der Waals surface area contributed by atoms with Gasteiger partial charge in [-0.05, 0) is 36.5 Å².